The number of carbonyl (C=O) groups is 1. The zero-order valence-electron chi connectivity index (χ0n) is 12.4. The molecule has 1 atom stereocenters. The van der Waals surface area contributed by atoms with E-state index >= 15 is 0 Å². The maximum atomic E-state index is 12.9. The summed E-state index contributed by atoms with van der Waals surface area (Å²) in [6, 6.07) is 5.03. The second-order valence-electron chi connectivity index (χ2n) is 5.26. The lowest BCUT2D eigenvalue weighted by Gasteiger charge is -2.21. The first kappa shape index (κ1) is 17.0. The minimum Gasteiger partial charge on any atom is -0.463 e. The van der Waals surface area contributed by atoms with E-state index in [9.17, 15) is 23.1 Å². The van der Waals surface area contributed by atoms with Crippen molar-refractivity contribution < 1.29 is 27.5 Å². The van der Waals surface area contributed by atoms with Crippen LogP contribution < -0.4 is 5.32 Å². The molecule has 0 spiro atoms. The Balaban J connectivity index is 2.14. The summed E-state index contributed by atoms with van der Waals surface area (Å²) in [4.78, 5) is 15.5. The van der Waals surface area contributed by atoms with Crippen molar-refractivity contribution in [2.24, 2.45) is 0 Å². The predicted octanol–water partition coefficient (Wildman–Crippen LogP) is 2.64. The molecule has 124 valence electrons. The van der Waals surface area contributed by atoms with Gasteiger partial charge in [-0.3, -0.25) is 9.78 Å². The highest BCUT2D eigenvalue weighted by atomic mass is 19.4. The lowest BCUT2D eigenvalue weighted by molar-refractivity contribution is -0.138. The number of aliphatic hydroxyl groups is 1. The van der Waals surface area contributed by atoms with Gasteiger partial charge in [-0.25, -0.2) is 0 Å². The molecule has 2 heterocycles. The standard InChI is InChI=1S/C15H15F3N2O3/c1-9-5-6-11(23-9)14(2,22)8-20-13(21)12-10(15(16,17)18)4-3-7-19-12/h3-7,22H,8H2,1-2H3,(H,20,21). The molecule has 8 heteroatoms. The third-order valence-electron chi connectivity index (χ3n) is 3.19. The van der Waals surface area contributed by atoms with Gasteiger partial charge in [0, 0.05) is 6.20 Å². The number of carbonyl (C=O) groups excluding carboxylic acids is 1. The molecule has 0 bridgehead atoms. The van der Waals surface area contributed by atoms with Gasteiger partial charge in [-0.15, -0.1) is 0 Å². The molecule has 2 aromatic rings. The maximum absolute atomic E-state index is 12.9. The highest BCUT2D eigenvalue weighted by Crippen LogP contribution is 2.31. The Morgan fingerprint density at radius 1 is 1.35 bits per heavy atom. The Labute approximate surface area is 130 Å². The van der Waals surface area contributed by atoms with Crippen LogP contribution in [-0.2, 0) is 11.8 Å². The molecule has 0 aliphatic heterocycles. The molecule has 0 radical (unpaired) electrons. The fraction of sp³-hybridized carbons (Fsp3) is 0.333. The van der Waals surface area contributed by atoms with Crippen LogP contribution in [0.2, 0.25) is 0 Å². The van der Waals surface area contributed by atoms with Gasteiger partial charge in [-0.2, -0.15) is 13.2 Å². The quantitative estimate of drug-likeness (QED) is 0.905. The number of aromatic nitrogens is 1. The molecule has 2 rings (SSSR count). The fourth-order valence-electron chi connectivity index (χ4n) is 1.96. The molecule has 0 fully saturated rings. The van der Waals surface area contributed by atoms with Crippen molar-refractivity contribution in [1.82, 2.24) is 10.3 Å². The summed E-state index contributed by atoms with van der Waals surface area (Å²) in [6.45, 7) is 2.74. The van der Waals surface area contributed by atoms with E-state index in [1.54, 1.807) is 13.0 Å². The van der Waals surface area contributed by atoms with Crippen molar-refractivity contribution in [3.05, 3.63) is 53.2 Å². The summed E-state index contributed by atoms with van der Waals surface area (Å²) < 4.78 is 43.9. The van der Waals surface area contributed by atoms with Crippen LogP contribution in [0.5, 0.6) is 0 Å². The number of nitrogens with zero attached hydrogens (tertiary/aromatic N) is 1. The normalized spacial score (nSPS) is 14.3. The molecule has 2 aromatic heterocycles. The molecule has 0 aliphatic carbocycles. The molecule has 1 amide bonds. The van der Waals surface area contributed by atoms with Crippen LogP contribution in [0.25, 0.3) is 0 Å². The zero-order chi connectivity index (χ0) is 17.3. The van der Waals surface area contributed by atoms with Gasteiger partial charge in [0.1, 0.15) is 22.8 Å². The highest BCUT2D eigenvalue weighted by molar-refractivity contribution is 5.93. The smallest absolute Gasteiger partial charge is 0.418 e. The monoisotopic (exact) mass is 328 g/mol. The van der Waals surface area contributed by atoms with Crippen LogP contribution in [0.4, 0.5) is 13.2 Å². The van der Waals surface area contributed by atoms with Crippen molar-refractivity contribution in [3.63, 3.8) is 0 Å². The van der Waals surface area contributed by atoms with E-state index in [2.05, 4.69) is 10.3 Å². The number of aryl methyl sites for hydroxylation is 1. The molecular weight excluding hydrogens is 313 g/mol. The topological polar surface area (TPSA) is 75.4 Å². The molecule has 2 N–H and O–H groups in total. The fourth-order valence-corrected chi connectivity index (χ4v) is 1.96. The molecule has 0 aromatic carbocycles. The van der Waals surface area contributed by atoms with Gasteiger partial charge in [0.05, 0.1) is 12.1 Å². The van der Waals surface area contributed by atoms with Gasteiger partial charge >= 0.3 is 6.18 Å². The Morgan fingerprint density at radius 3 is 2.61 bits per heavy atom. The summed E-state index contributed by atoms with van der Waals surface area (Å²) >= 11 is 0. The highest BCUT2D eigenvalue weighted by Gasteiger charge is 2.36. The molecule has 0 saturated carbocycles. The number of nitrogens with one attached hydrogen (secondary N) is 1. The van der Waals surface area contributed by atoms with E-state index < -0.39 is 28.9 Å². The minimum absolute atomic E-state index is 0.201. The first-order chi connectivity index (χ1) is 10.6. The van der Waals surface area contributed by atoms with E-state index in [1.807, 2.05) is 0 Å². The van der Waals surface area contributed by atoms with Crippen LogP contribution in [-0.4, -0.2) is 22.5 Å². The Morgan fingerprint density at radius 2 is 2.04 bits per heavy atom. The summed E-state index contributed by atoms with van der Waals surface area (Å²) in [7, 11) is 0. The van der Waals surface area contributed by atoms with Crippen molar-refractivity contribution in [3.8, 4) is 0 Å². The SMILES string of the molecule is Cc1ccc(C(C)(O)CNC(=O)c2ncccc2C(F)(F)F)o1. The first-order valence-electron chi connectivity index (χ1n) is 6.71. The average Bonchev–Trinajstić information content (AvgIpc) is 2.91. The van der Waals surface area contributed by atoms with Gasteiger partial charge < -0.3 is 14.8 Å². The summed E-state index contributed by atoms with van der Waals surface area (Å²) in [5, 5.41) is 12.5. The molecule has 23 heavy (non-hydrogen) atoms. The lowest BCUT2D eigenvalue weighted by atomic mass is 10.0. The molecular formula is C15H15F3N2O3. The maximum Gasteiger partial charge on any atom is 0.418 e. The third kappa shape index (κ3) is 3.89. The van der Waals surface area contributed by atoms with Crippen molar-refractivity contribution >= 4 is 5.91 Å². The van der Waals surface area contributed by atoms with Crippen molar-refractivity contribution in [2.75, 3.05) is 6.54 Å². The van der Waals surface area contributed by atoms with Crippen molar-refractivity contribution in [1.29, 1.82) is 0 Å². The second kappa shape index (κ2) is 6.04. The Hall–Kier alpha value is -2.35. The van der Waals surface area contributed by atoms with Gasteiger partial charge in [0.2, 0.25) is 0 Å². The van der Waals surface area contributed by atoms with E-state index in [0.717, 1.165) is 18.3 Å². The first-order valence-corrected chi connectivity index (χ1v) is 6.71. The van der Waals surface area contributed by atoms with Gasteiger partial charge in [-0.1, -0.05) is 0 Å². The number of pyridine rings is 1. The van der Waals surface area contributed by atoms with E-state index in [0.29, 0.717) is 5.76 Å². The number of furan rings is 1. The van der Waals surface area contributed by atoms with Gasteiger partial charge in [0.25, 0.3) is 5.91 Å². The van der Waals surface area contributed by atoms with Crippen LogP contribution in [0.1, 0.15) is 34.5 Å². The predicted molar refractivity (Wildman–Crippen MR) is 74.6 cm³/mol. The molecule has 5 nitrogen and oxygen atoms in total. The van der Waals surface area contributed by atoms with Crippen LogP contribution in [0, 0.1) is 6.92 Å². The number of rotatable bonds is 4. The number of halogens is 3. The van der Waals surface area contributed by atoms with E-state index in [1.165, 1.54) is 13.0 Å². The second-order valence-corrected chi connectivity index (χ2v) is 5.26. The molecule has 0 saturated heterocycles. The summed E-state index contributed by atoms with van der Waals surface area (Å²) in [6.07, 6.45) is -3.60. The third-order valence-corrected chi connectivity index (χ3v) is 3.19. The average molecular weight is 328 g/mol. The Bertz CT molecular complexity index is 708. The number of hydrogen-bond acceptors (Lipinski definition) is 4. The van der Waals surface area contributed by atoms with Crippen LogP contribution in [0.15, 0.2) is 34.9 Å². The van der Waals surface area contributed by atoms with Gasteiger partial charge in [-0.05, 0) is 38.1 Å². The van der Waals surface area contributed by atoms with Gasteiger partial charge in [0.15, 0.2) is 0 Å². The number of alkyl halides is 3. The molecule has 1 unspecified atom stereocenters. The minimum atomic E-state index is -4.69. The number of hydrogen-bond donors (Lipinski definition) is 2. The summed E-state index contributed by atoms with van der Waals surface area (Å²) in [5.74, 6) is -0.260. The largest absolute Gasteiger partial charge is 0.463 e. The van der Waals surface area contributed by atoms with E-state index in [4.69, 9.17) is 4.42 Å². The summed E-state index contributed by atoms with van der Waals surface area (Å²) in [5.41, 5.74) is -3.44. The van der Waals surface area contributed by atoms with E-state index in [-0.39, 0.29) is 12.3 Å². The molecule has 0 aliphatic rings. The van der Waals surface area contributed by atoms with Crippen LogP contribution in [0.3, 0.4) is 0 Å². The lowest BCUT2D eigenvalue weighted by Crippen LogP contribution is -2.39. The zero-order valence-corrected chi connectivity index (χ0v) is 12.4. The van der Waals surface area contributed by atoms with Crippen molar-refractivity contribution in [2.45, 2.75) is 25.6 Å². The van der Waals surface area contributed by atoms with Crippen LogP contribution >= 0.6 is 0 Å². The Kier molecular flexibility index (Phi) is 4.46. The number of amides is 1.